The van der Waals surface area contributed by atoms with E-state index in [1.165, 1.54) is 12.8 Å². The first-order chi connectivity index (χ1) is 11.3. The lowest BCUT2D eigenvalue weighted by molar-refractivity contribution is 0.260. The maximum Gasteiger partial charge on any atom is 0.268 e. The van der Waals surface area contributed by atoms with Gasteiger partial charge in [-0.05, 0) is 44.5 Å². The van der Waals surface area contributed by atoms with Crippen LogP contribution in [0.3, 0.4) is 0 Å². The van der Waals surface area contributed by atoms with Gasteiger partial charge in [-0.25, -0.2) is 0 Å². The maximum absolute atomic E-state index is 12.2. The van der Waals surface area contributed by atoms with Crippen LogP contribution in [-0.4, -0.2) is 47.1 Å². The first-order valence-electron chi connectivity index (χ1n) is 8.18. The SMILES string of the molecule is N#Cc1c(N2CC[C@@H](N3CCCC3)C2)c2ncccc2[nH]c1=O. The molecule has 0 aliphatic carbocycles. The van der Waals surface area contributed by atoms with Gasteiger partial charge < -0.3 is 9.88 Å². The van der Waals surface area contributed by atoms with Gasteiger partial charge in [0.25, 0.3) is 5.56 Å². The molecule has 0 aromatic carbocycles. The van der Waals surface area contributed by atoms with Crippen LogP contribution in [0.5, 0.6) is 0 Å². The van der Waals surface area contributed by atoms with Crippen molar-refractivity contribution in [2.45, 2.75) is 25.3 Å². The summed E-state index contributed by atoms with van der Waals surface area (Å²) in [5.74, 6) is 0. The third kappa shape index (κ3) is 2.37. The first-order valence-corrected chi connectivity index (χ1v) is 8.18. The number of hydrogen-bond acceptors (Lipinski definition) is 5. The fraction of sp³-hybridized carbons (Fsp3) is 0.471. The van der Waals surface area contributed by atoms with E-state index in [2.05, 4.69) is 25.8 Å². The van der Waals surface area contributed by atoms with Crippen molar-refractivity contribution in [3.63, 3.8) is 0 Å². The lowest BCUT2D eigenvalue weighted by Gasteiger charge is -2.25. The monoisotopic (exact) mass is 309 g/mol. The lowest BCUT2D eigenvalue weighted by Crippen LogP contribution is -2.35. The number of anilines is 1. The summed E-state index contributed by atoms with van der Waals surface area (Å²) in [6.45, 7) is 4.06. The van der Waals surface area contributed by atoms with Crippen LogP contribution in [0.15, 0.2) is 23.1 Å². The van der Waals surface area contributed by atoms with Crippen molar-refractivity contribution in [2.24, 2.45) is 0 Å². The number of nitrogens with zero attached hydrogens (tertiary/aromatic N) is 4. The summed E-state index contributed by atoms with van der Waals surface area (Å²) < 4.78 is 0. The quantitative estimate of drug-likeness (QED) is 0.909. The number of nitriles is 1. The zero-order valence-electron chi connectivity index (χ0n) is 13.0. The molecule has 2 saturated heterocycles. The van der Waals surface area contributed by atoms with Crippen LogP contribution in [0, 0.1) is 11.3 Å². The minimum atomic E-state index is -0.326. The number of likely N-dealkylation sites (tertiary alicyclic amines) is 1. The lowest BCUT2D eigenvalue weighted by atomic mass is 10.1. The second kappa shape index (κ2) is 5.67. The van der Waals surface area contributed by atoms with Gasteiger partial charge in [-0.1, -0.05) is 0 Å². The van der Waals surface area contributed by atoms with Crippen LogP contribution in [0.1, 0.15) is 24.8 Å². The number of fused-ring (bicyclic) bond motifs is 1. The summed E-state index contributed by atoms with van der Waals surface area (Å²) in [7, 11) is 0. The van der Waals surface area contributed by atoms with Crippen molar-refractivity contribution in [3.05, 3.63) is 34.2 Å². The Morgan fingerprint density at radius 2 is 2.13 bits per heavy atom. The Hall–Kier alpha value is -2.39. The van der Waals surface area contributed by atoms with Crippen molar-refractivity contribution >= 4 is 16.7 Å². The van der Waals surface area contributed by atoms with Crippen LogP contribution >= 0.6 is 0 Å². The molecule has 0 unspecified atom stereocenters. The van der Waals surface area contributed by atoms with E-state index in [-0.39, 0.29) is 11.1 Å². The van der Waals surface area contributed by atoms with Gasteiger partial charge in [-0.15, -0.1) is 0 Å². The number of H-pyrrole nitrogens is 1. The molecule has 2 aromatic rings. The zero-order chi connectivity index (χ0) is 15.8. The molecule has 118 valence electrons. The molecule has 2 fully saturated rings. The van der Waals surface area contributed by atoms with Gasteiger partial charge in [-0.2, -0.15) is 5.26 Å². The highest BCUT2D eigenvalue weighted by Gasteiger charge is 2.32. The van der Waals surface area contributed by atoms with E-state index in [1.807, 2.05) is 6.07 Å². The minimum absolute atomic E-state index is 0.179. The number of rotatable bonds is 2. The Morgan fingerprint density at radius 3 is 2.91 bits per heavy atom. The molecule has 2 aliphatic heterocycles. The predicted molar refractivity (Wildman–Crippen MR) is 88.5 cm³/mol. The Balaban J connectivity index is 1.76. The van der Waals surface area contributed by atoms with E-state index in [1.54, 1.807) is 12.3 Å². The highest BCUT2D eigenvalue weighted by molar-refractivity contribution is 5.91. The molecule has 6 nitrogen and oxygen atoms in total. The fourth-order valence-corrected chi connectivity index (χ4v) is 3.87. The summed E-state index contributed by atoms with van der Waals surface area (Å²) in [6, 6.07) is 6.23. The Morgan fingerprint density at radius 1 is 1.30 bits per heavy atom. The first kappa shape index (κ1) is 14.2. The molecule has 1 atom stereocenters. The van der Waals surface area contributed by atoms with Crippen LogP contribution in [0.4, 0.5) is 5.69 Å². The highest BCUT2D eigenvalue weighted by atomic mass is 16.1. The number of aromatic nitrogens is 2. The van der Waals surface area contributed by atoms with Gasteiger partial charge in [0, 0.05) is 25.3 Å². The van der Waals surface area contributed by atoms with Crippen molar-refractivity contribution < 1.29 is 0 Å². The zero-order valence-corrected chi connectivity index (χ0v) is 13.0. The van der Waals surface area contributed by atoms with E-state index in [4.69, 9.17) is 0 Å². The van der Waals surface area contributed by atoms with Gasteiger partial charge in [0.15, 0.2) is 0 Å². The molecule has 0 spiro atoms. The third-order valence-corrected chi connectivity index (χ3v) is 4.99. The van der Waals surface area contributed by atoms with Crippen molar-refractivity contribution in [2.75, 3.05) is 31.1 Å². The summed E-state index contributed by atoms with van der Waals surface area (Å²) >= 11 is 0. The molecule has 0 saturated carbocycles. The summed E-state index contributed by atoms with van der Waals surface area (Å²) in [5, 5.41) is 9.46. The Labute approximate surface area is 134 Å². The van der Waals surface area contributed by atoms with Crippen molar-refractivity contribution in [1.29, 1.82) is 5.26 Å². The van der Waals surface area contributed by atoms with Gasteiger partial charge in [0.1, 0.15) is 17.1 Å². The van der Waals surface area contributed by atoms with Gasteiger partial charge in [0.2, 0.25) is 0 Å². The van der Waals surface area contributed by atoms with E-state index in [0.29, 0.717) is 22.8 Å². The fourth-order valence-electron chi connectivity index (χ4n) is 3.87. The molecule has 0 radical (unpaired) electrons. The second-order valence-corrected chi connectivity index (χ2v) is 6.32. The normalized spacial score (nSPS) is 21.9. The van der Waals surface area contributed by atoms with Crippen LogP contribution in [0.2, 0.25) is 0 Å². The third-order valence-electron chi connectivity index (χ3n) is 4.99. The summed E-state index contributed by atoms with van der Waals surface area (Å²) in [6.07, 6.45) is 5.33. The number of hydrogen-bond donors (Lipinski definition) is 1. The summed E-state index contributed by atoms with van der Waals surface area (Å²) in [4.78, 5) is 24.1. The number of aromatic amines is 1. The Kier molecular flexibility index (Phi) is 3.50. The molecule has 1 N–H and O–H groups in total. The Bertz CT molecular complexity index is 831. The average molecular weight is 309 g/mol. The van der Waals surface area contributed by atoms with E-state index in [9.17, 15) is 10.1 Å². The van der Waals surface area contributed by atoms with E-state index >= 15 is 0 Å². The van der Waals surface area contributed by atoms with Crippen LogP contribution in [-0.2, 0) is 0 Å². The predicted octanol–water partition coefficient (Wildman–Crippen LogP) is 1.47. The number of pyridine rings is 2. The van der Waals surface area contributed by atoms with Crippen LogP contribution in [0.25, 0.3) is 11.0 Å². The summed E-state index contributed by atoms with van der Waals surface area (Å²) in [5.41, 5.74) is 1.96. The van der Waals surface area contributed by atoms with Crippen molar-refractivity contribution in [1.82, 2.24) is 14.9 Å². The molecule has 23 heavy (non-hydrogen) atoms. The number of nitrogens with one attached hydrogen (secondary N) is 1. The smallest absolute Gasteiger partial charge is 0.268 e. The standard InChI is InChI=1S/C17H19N5O/c18-10-13-16(15-14(20-17(13)23)4-3-6-19-15)22-9-5-12(11-22)21-7-1-2-8-21/h3-4,6,12H,1-2,5,7-9,11H2,(H,20,23)/t12-/m1/s1. The minimum Gasteiger partial charge on any atom is -0.367 e. The molecule has 4 rings (SSSR count). The largest absolute Gasteiger partial charge is 0.367 e. The molecular formula is C17H19N5O. The molecular weight excluding hydrogens is 290 g/mol. The maximum atomic E-state index is 12.2. The van der Waals surface area contributed by atoms with Crippen LogP contribution < -0.4 is 10.5 Å². The van der Waals surface area contributed by atoms with E-state index in [0.717, 1.165) is 32.6 Å². The van der Waals surface area contributed by atoms with Gasteiger partial charge in [0.05, 0.1) is 11.2 Å². The molecule has 6 heteroatoms. The van der Waals surface area contributed by atoms with Gasteiger partial charge in [-0.3, -0.25) is 14.7 Å². The van der Waals surface area contributed by atoms with Gasteiger partial charge >= 0.3 is 0 Å². The molecule has 0 bridgehead atoms. The highest BCUT2D eigenvalue weighted by Crippen LogP contribution is 2.30. The van der Waals surface area contributed by atoms with Crippen molar-refractivity contribution in [3.8, 4) is 6.07 Å². The molecule has 2 aromatic heterocycles. The average Bonchev–Trinajstić information content (AvgIpc) is 3.24. The topological polar surface area (TPSA) is 76.0 Å². The second-order valence-electron chi connectivity index (χ2n) is 6.32. The molecule has 4 heterocycles. The van der Waals surface area contributed by atoms with E-state index < -0.39 is 0 Å². The molecule has 2 aliphatic rings. The molecule has 0 amide bonds.